The molecule has 13 heavy (non-hydrogen) atoms. The van der Waals surface area contributed by atoms with Crippen molar-refractivity contribution < 1.29 is 0 Å². The summed E-state index contributed by atoms with van der Waals surface area (Å²) < 4.78 is 2.53. The Labute approximate surface area is 99.6 Å². The van der Waals surface area contributed by atoms with E-state index in [4.69, 9.17) is 0 Å². The van der Waals surface area contributed by atoms with Gasteiger partial charge in [-0.25, -0.2) is 0 Å². The van der Waals surface area contributed by atoms with Crippen LogP contribution in [-0.2, 0) is 0 Å². The molecule has 0 saturated carbocycles. The molecule has 2 aromatic carbocycles. The molecule has 0 aliphatic heterocycles. The highest BCUT2D eigenvalue weighted by molar-refractivity contribution is 14.1. The van der Waals surface area contributed by atoms with Gasteiger partial charge in [-0.3, -0.25) is 0 Å². The third-order valence-electron chi connectivity index (χ3n) is 2.17. The normalized spacial score (nSPS) is 10.7. The number of halogens is 2. The first kappa shape index (κ1) is 9.46. The maximum absolute atomic E-state index is 3.63. The van der Waals surface area contributed by atoms with Crippen LogP contribution in [0.1, 0.15) is 5.56 Å². The van der Waals surface area contributed by atoms with E-state index >= 15 is 0 Å². The van der Waals surface area contributed by atoms with Gasteiger partial charge in [0.1, 0.15) is 0 Å². The predicted octanol–water partition coefficient (Wildman–Crippen LogP) is 4.52. The van der Waals surface area contributed by atoms with E-state index in [0.717, 1.165) is 0 Å². The molecule has 0 N–H and O–H groups in total. The minimum atomic E-state index is 1.22. The zero-order chi connectivity index (χ0) is 9.42. The Hall–Kier alpha value is -0.0900. The lowest BCUT2D eigenvalue weighted by Crippen LogP contribution is -1.84. The molecular weight excluding hydrogens is 339 g/mol. The Bertz CT molecular complexity index is 463. The van der Waals surface area contributed by atoms with Crippen molar-refractivity contribution in [3.63, 3.8) is 0 Å². The Morgan fingerprint density at radius 2 is 1.92 bits per heavy atom. The number of rotatable bonds is 0. The third-order valence-corrected chi connectivity index (χ3v) is 4.31. The van der Waals surface area contributed by atoms with Gasteiger partial charge in [0.2, 0.25) is 0 Å². The molecule has 2 aromatic rings. The fraction of sp³-hybridized carbons (Fsp3) is 0.0909. The first-order valence-electron chi connectivity index (χ1n) is 4.03. The molecule has 0 atom stereocenters. The van der Waals surface area contributed by atoms with E-state index < -0.39 is 0 Å². The average Bonchev–Trinajstić information content (AvgIpc) is 2.15. The molecule has 0 unspecified atom stereocenters. The van der Waals surface area contributed by atoms with Gasteiger partial charge in [0.25, 0.3) is 0 Å². The molecule has 0 fully saturated rings. The van der Waals surface area contributed by atoms with E-state index in [1.807, 2.05) is 0 Å². The molecule has 0 aromatic heterocycles. The number of benzene rings is 2. The minimum Gasteiger partial charge on any atom is -0.0616 e. The van der Waals surface area contributed by atoms with Crippen molar-refractivity contribution >= 4 is 49.3 Å². The smallest absolute Gasteiger partial charge is 0.0293 e. The van der Waals surface area contributed by atoms with Gasteiger partial charge < -0.3 is 0 Å². The van der Waals surface area contributed by atoms with Crippen molar-refractivity contribution in [2.45, 2.75) is 6.92 Å². The van der Waals surface area contributed by atoms with E-state index in [-0.39, 0.29) is 0 Å². The first-order valence-corrected chi connectivity index (χ1v) is 5.90. The van der Waals surface area contributed by atoms with Gasteiger partial charge in [-0.2, -0.15) is 0 Å². The highest BCUT2D eigenvalue weighted by Crippen LogP contribution is 2.30. The van der Waals surface area contributed by atoms with E-state index in [2.05, 4.69) is 75.8 Å². The van der Waals surface area contributed by atoms with Crippen LogP contribution in [0.5, 0.6) is 0 Å². The van der Waals surface area contributed by atoms with Crippen LogP contribution < -0.4 is 0 Å². The van der Waals surface area contributed by atoms with Crippen LogP contribution in [0, 0.1) is 10.5 Å². The van der Waals surface area contributed by atoms with Gasteiger partial charge in [-0.1, -0.05) is 24.3 Å². The monoisotopic (exact) mass is 346 g/mol. The lowest BCUT2D eigenvalue weighted by Gasteiger charge is -2.06. The maximum Gasteiger partial charge on any atom is 0.0293 e. The third kappa shape index (κ3) is 1.62. The highest BCUT2D eigenvalue weighted by atomic mass is 127. The summed E-state index contributed by atoms with van der Waals surface area (Å²) in [6.07, 6.45) is 0. The zero-order valence-electron chi connectivity index (χ0n) is 7.14. The SMILES string of the molecule is Cc1c(I)cc2ccccc2c1Br. The van der Waals surface area contributed by atoms with Gasteiger partial charge in [0.05, 0.1) is 0 Å². The number of fused-ring (bicyclic) bond motifs is 1. The van der Waals surface area contributed by atoms with Crippen LogP contribution in [0.25, 0.3) is 10.8 Å². The van der Waals surface area contributed by atoms with Crippen LogP contribution in [0.3, 0.4) is 0 Å². The lowest BCUT2D eigenvalue weighted by molar-refractivity contribution is 1.43. The molecule has 2 heteroatoms. The van der Waals surface area contributed by atoms with Crippen LogP contribution in [0.4, 0.5) is 0 Å². The Kier molecular flexibility index (Phi) is 2.60. The molecule has 2 rings (SSSR count). The largest absolute Gasteiger partial charge is 0.0616 e. The quantitative estimate of drug-likeness (QED) is 0.615. The van der Waals surface area contributed by atoms with Gasteiger partial charge in [-0.05, 0) is 67.8 Å². The number of hydrogen-bond donors (Lipinski definition) is 0. The van der Waals surface area contributed by atoms with Gasteiger partial charge in [0.15, 0.2) is 0 Å². The lowest BCUT2D eigenvalue weighted by atomic mass is 10.1. The van der Waals surface area contributed by atoms with Crippen LogP contribution in [0.2, 0.25) is 0 Å². The van der Waals surface area contributed by atoms with Crippen LogP contribution >= 0.6 is 38.5 Å². The Morgan fingerprint density at radius 1 is 1.23 bits per heavy atom. The first-order chi connectivity index (χ1) is 6.20. The molecule has 0 aliphatic carbocycles. The topological polar surface area (TPSA) is 0 Å². The van der Waals surface area contributed by atoms with Crippen LogP contribution in [0.15, 0.2) is 34.8 Å². The fourth-order valence-corrected chi connectivity index (χ4v) is 2.92. The van der Waals surface area contributed by atoms with E-state index in [1.165, 1.54) is 24.4 Å². The standard InChI is InChI=1S/C11H8BrI/c1-7-10(13)6-8-4-2-3-5-9(8)11(7)12/h2-6H,1H3. The van der Waals surface area contributed by atoms with Crippen molar-refractivity contribution in [1.29, 1.82) is 0 Å². The molecule has 0 saturated heterocycles. The second kappa shape index (κ2) is 3.58. The number of hydrogen-bond acceptors (Lipinski definition) is 0. The highest BCUT2D eigenvalue weighted by Gasteiger charge is 2.04. The van der Waals surface area contributed by atoms with Crippen LogP contribution in [-0.4, -0.2) is 0 Å². The summed E-state index contributed by atoms with van der Waals surface area (Å²) in [5.41, 5.74) is 1.32. The van der Waals surface area contributed by atoms with Crippen molar-refractivity contribution in [3.05, 3.63) is 43.9 Å². The van der Waals surface area contributed by atoms with Crippen molar-refractivity contribution in [2.75, 3.05) is 0 Å². The molecule has 0 nitrogen and oxygen atoms in total. The second-order valence-electron chi connectivity index (χ2n) is 3.02. The Morgan fingerprint density at radius 3 is 2.69 bits per heavy atom. The van der Waals surface area contributed by atoms with E-state index in [9.17, 15) is 0 Å². The summed E-state index contributed by atoms with van der Waals surface area (Å²) in [5, 5.41) is 2.59. The summed E-state index contributed by atoms with van der Waals surface area (Å²) >= 11 is 5.99. The molecule has 0 bridgehead atoms. The minimum absolute atomic E-state index is 1.22. The predicted molar refractivity (Wildman–Crippen MR) is 69.1 cm³/mol. The Balaban J connectivity index is 2.94. The average molecular weight is 347 g/mol. The maximum atomic E-state index is 3.63. The van der Waals surface area contributed by atoms with Gasteiger partial charge in [0, 0.05) is 8.04 Å². The second-order valence-corrected chi connectivity index (χ2v) is 4.97. The zero-order valence-corrected chi connectivity index (χ0v) is 10.9. The van der Waals surface area contributed by atoms with E-state index in [0.29, 0.717) is 0 Å². The fourth-order valence-electron chi connectivity index (χ4n) is 1.37. The summed E-state index contributed by atoms with van der Waals surface area (Å²) in [6, 6.07) is 10.6. The van der Waals surface area contributed by atoms with E-state index in [1.54, 1.807) is 0 Å². The molecular formula is C11H8BrI. The van der Waals surface area contributed by atoms with Crippen molar-refractivity contribution in [2.24, 2.45) is 0 Å². The summed E-state index contributed by atoms with van der Waals surface area (Å²) in [5.74, 6) is 0. The summed E-state index contributed by atoms with van der Waals surface area (Å²) in [7, 11) is 0. The van der Waals surface area contributed by atoms with Crippen molar-refractivity contribution in [3.8, 4) is 0 Å². The molecule has 0 amide bonds. The summed E-state index contributed by atoms with van der Waals surface area (Å²) in [6.45, 7) is 2.14. The van der Waals surface area contributed by atoms with Crippen molar-refractivity contribution in [1.82, 2.24) is 0 Å². The molecule has 0 spiro atoms. The molecule has 0 radical (unpaired) electrons. The summed E-state index contributed by atoms with van der Waals surface area (Å²) in [4.78, 5) is 0. The van der Waals surface area contributed by atoms with Gasteiger partial charge in [-0.15, -0.1) is 0 Å². The molecule has 0 aliphatic rings. The molecule has 0 heterocycles. The van der Waals surface area contributed by atoms with Gasteiger partial charge >= 0.3 is 0 Å². The molecule has 66 valence electrons.